The minimum Gasteiger partial charge on any atom is -0.508 e. The number of hydrogen-bond donors (Lipinski definition) is 2. The topological polar surface area (TPSA) is 49.3 Å². The van der Waals surface area contributed by atoms with Crippen LogP contribution < -0.4 is 5.32 Å². The fourth-order valence-electron chi connectivity index (χ4n) is 1.39. The maximum atomic E-state index is 12.0. The van der Waals surface area contributed by atoms with Crippen LogP contribution in [0.5, 0.6) is 5.75 Å². The molecule has 0 unspecified atom stereocenters. The van der Waals surface area contributed by atoms with Gasteiger partial charge >= 0.3 is 0 Å². The SMILES string of the molecule is CCC(C)(C)C(=O)Nc1cc(C)c(O)cc1C. The van der Waals surface area contributed by atoms with Gasteiger partial charge in [0, 0.05) is 11.1 Å². The Balaban J connectivity index is 2.97. The van der Waals surface area contributed by atoms with E-state index < -0.39 is 0 Å². The molecule has 0 aromatic heterocycles. The summed E-state index contributed by atoms with van der Waals surface area (Å²) < 4.78 is 0. The third kappa shape index (κ3) is 2.99. The average Bonchev–Trinajstić information content (AvgIpc) is 2.25. The third-order valence-corrected chi connectivity index (χ3v) is 3.29. The Morgan fingerprint density at radius 1 is 1.29 bits per heavy atom. The van der Waals surface area contributed by atoms with E-state index in [0.717, 1.165) is 23.2 Å². The van der Waals surface area contributed by atoms with Crippen LogP contribution in [0.1, 0.15) is 38.3 Å². The molecule has 0 spiro atoms. The molecule has 2 N–H and O–H groups in total. The minimum atomic E-state index is -0.377. The highest BCUT2D eigenvalue weighted by Crippen LogP contribution is 2.27. The first-order chi connectivity index (χ1) is 7.77. The van der Waals surface area contributed by atoms with Crippen LogP contribution in [0.3, 0.4) is 0 Å². The molecule has 94 valence electrons. The number of benzene rings is 1. The molecule has 0 saturated carbocycles. The third-order valence-electron chi connectivity index (χ3n) is 3.29. The molecule has 1 aromatic rings. The lowest BCUT2D eigenvalue weighted by Crippen LogP contribution is -2.30. The zero-order chi connectivity index (χ0) is 13.2. The highest BCUT2D eigenvalue weighted by Gasteiger charge is 2.25. The van der Waals surface area contributed by atoms with Gasteiger partial charge < -0.3 is 10.4 Å². The molecule has 1 amide bonds. The number of phenols is 1. The van der Waals surface area contributed by atoms with Crippen molar-refractivity contribution in [1.82, 2.24) is 0 Å². The highest BCUT2D eigenvalue weighted by molar-refractivity contribution is 5.95. The van der Waals surface area contributed by atoms with Crippen LogP contribution in [-0.4, -0.2) is 11.0 Å². The fourth-order valence-corrected chi connectivity index (χ4v) is 1.39. The van der Waals surface area contributed by atoms with Crippen molar-refractivity contribution < 1.29 is 9.90 Å². The molecule has 0 saturated heterocycles. The van der Waals surface area contributed by atoms with E-state index >= 15 is 0 Å². The van der Waals surface area contributed by atoms with Crippen molar-refractivity contribution in [2.75, 3.05) is 5.32 Å². The Morgan fingerprint density at radius 2 is 1.88 bits per heavy atom. The van der Waals surface area contributed by atoms with Crippen molar-refractivity contribution in [2.45, 2.75) is 41.0 Å². The van der Waals surface area contributed by atoms with Gasteiger partial charge in [0.25, 0.3) is 0 Å². The number of hydrogen-bond acceptors (Lipinski definition) is 2. The molecular formula is C14H21NO2. The molecule has 0 aliphatic carbocycles. The van der Waals surface area contributed by atoms with Crippen molar-refractivity contribution in [2.24, 2.45) is 5.41 Å². The van der Waals surface area contributed by atoms with Crippen LogP contribution >= 0.6 is 0 Å². The van der Waals surface area contributed by atoms with E-state index in [0.29, 0.717) is 0 Å². The summed E-state index contributed by atoms with van der Waals surface area (Å²) in [6, 6.07) is 3.47. The van der Waals surface area contributed by atoms with Gasteiger partial charge in [-0.2, -0.15) is 0 Å². The molecular weight excluding hydrogens is 214 g/mol. The van der Waals surface area contributed by atoms with Crippen LogP contribution in [-0.2, 0) is 4.79 Å². The predicted molar refractivity (Wildman–Crippen MR) is 70.3 cm³/mol. The van der Waals surface area contributed by atoms with Gasteiger partial charge in [0.15, 0.2) is 0 Å². The fraction of sp³-hybridized carbons (Fsp3) is 0.500. The van der Waals surface area contributed by atoms with Crippen molar-refractivity contribution in [3.63, 3.8) is 0 Å². The second kappa shape index (κ2) is 4.78. The van der Waals surface area contributed by atoms with Gasteiger partial charge in [0.1, 0.15) is 5.75 Å². The molecule has 0 fully saturated rings. The van der Waals surface area contributed by atoms with Gasteiger partial charge in [0.2, 0.25) is 5.91 Å². The Hall–Kier alpha value is -1.51. The second-order valence-corrected chi connectivity index (χ2v) is 5.15. The summed E-state index contributed by atoms with van der Waals surface area (Å²) in [5.74, 6) is 0.267. The molecule has 0 heterocycles. The summed E-state index contributed by atoms with van der Waals surface area (Å²) in [5.41, 5.74) is 2.03. The van der Waals surface area contributed by atoms with E-state index in [-0.39, 0.29) is 17.1 Å². The molecule has 1 aromatic carbocycles. The van der Waals surface area contributed by atoms with E-state index in [1.165, 1.54) is 0 Å². The first kappa shape index (κ1) is 13.6. The second-order valence-electron chi connectivity index (χ2n) is 5.15. The Morgan fingerprint density at radius 3 is 2.41 bits per heavy atom. The number of phenolic OH excluding ortho intramolecular Hbond substituents is 1. The lowest BCUT2D eigenvalue weighted by molar-refractivity contribution is -0.124. The molecule has 3 nitrogen and oxygen atoms in total. The summed E-state index contributed by atoms with van der Waals surface area (Å²) >= 11 is 0. The number of anilines is 1. The monoisotopic (exact) mass is 235 g/mol. The van der Waals surface area contributed by atoms with Crippen LogP contribution in [0.4, 0.5) is 5.69 Å². The van der Waals surface area contributed by atoms with Gasteiger partial charge in [-0.1, -0.05) is 20.8 Å². The lowest BCUT2D eigenvalue weighted by atomic mass is 9.89. The largest absolute Gasteiger partial charge is 0.508 e. The van der Waals surface area contributed by atoms with Crippen LogP contribution in [0, 0.1) is 19.3 Å². The predicted octanol–water partition coefficient (Wildman–Crippen LogP) is 3.38. The number of nitrogens with one attached hydrogen (secondary N) is 1. The van der Waals surface area contributed by atoms with E-state index in [1.54, 1.807) is 12.1 Å². The van der Waals surface area contributed by atoms with E-state index in [4.69, 9.17) is 0 Å². The summed E-state index contributed by atoms with van der Waals surface area (Å²) in [6.07, 6.45) is 0.787. The lowest BCUT2D eigenvalue weighted by Gasteiger charge is -2.22. The summed E-state index contributed by atoms with van der Waals surface area (Å²) in [4.78, 5) is 12.0. The zero-order valence-corrected chi connectivity index (χ0v) is 11.2. The smallest absolute Gasteiger partial charge is 0.230 e. The van der Waals surface area contributed by atoms with Gasteiger partial charge in [-0.25, -0.2) is 0 Å². The zero-order valence-electron chi connectivity index (χ0n) is 11.2. The van der Waals surface area contributed by atoms with Crippen molar-refractivity contribution in [3.05, 3.63) is 23.3 Å². The van der Waals surface area contributed by atoms with Crippen molar-refractivity contribution in [3.8, 4) is 5.75 Å². The standard InChI is InChI=1S/C14H21NO2/c1-6-14(4,5)13(17)15-11-7-10(3)12(16)8-9(11)2/h7-8,16H,6H2,1-5H3,(H,15,17). The Labute approximate surface area is 103 Å². The first-order valence-electron chi connectivity index (χ1n) is 5.89. The van der Waals surface area contributed by atoms with Gasteiger partial charge in [-0.05, 0) is 43.5 Å². The van der Waals surface area contributed by atoms with Crippen molar-refractivity contribution >= 4 is 11.6 Å². The molecule has 0 aliphatic rings. The number of amides is 1. The minimum absolute atomic E-state index is 0.00758. The molecule has 3 heteroatoms. The number of carbonyl (C=O) groups is 1. The molecule has 17 heavy (non-hydrogen) atoms. The Kier molecular flexibility index (Phi) is 3.81. The maximum Gasteiger partial charge on any atom is 0.230 e. The van der Waals surface area contributed by atoms with Crippen molar-refractivity contribution in [1.29, 1.82) is 0 Å². The Bertz CT molecular complexity index is 436. The van der Waals surface area contributed by atoms with Crippen LogP contribution in [0.15, 0.2) is 12.1 Å². The quantitative estimate of drug-likeness (QED) is 0.789. The summed E-state index contributed by atoms with van der Waals surface area (Å²) in [7, 11) is 0. The van der Waals surface area contributed by atoms with E-state index in [1.807, 2.05) is 34.6 Å². The first-order valence-corrected chi connectivity index (χ1v) is 5.89. The normalized spacial score (nSPS) is 11.4. The van der Waals surface area contributed by atoms with Gasteiger partial charge in [-0.3, -0.25) is 4.79 Å². The number of rotatable bonds is 3. The highest BCUT2D eigenvalue weighted by atomic mass is 16.3. The summed E-state index contributed by atoms with van der Waals surface area (Å²) in [6.45, 7) is 9.52. The molecule has 0 bridgehead atoms. The molecule has 0 aliphatic heterocycles. The average molecular weight is 235 g/mol. The summed E-state index contributed by atoms with van der Waals surface area (Å²) in [5, 5.41) is 12.5. The molecule has 0 radical (unpaired) electrons. The maximum absolute atomic E-state index is 12.0. The van der Waals surface area contributed by atoms with Gasteiger partial charge in [-0.15, -0.1) is 0 Å². The van der Waals surface area contributed by atoms with Crippen LogP contribution in [0.2, 0.25) is 0 Å². The molecule has 0 atom stereocenters. The van der Waals surface area contributed by atoms with Gasteiger partial charge in [0.05, 0.1) is 0 Å². The van der Waals surface area contributed by atoms with E-state index in [2.05, 4.69) is 5.32 Å². The number of carbonyl (C=O) groups excluding carboxylic acids is 1. The van der Waals surface area contributed by atoms with Crippen LogP contribution in [0.25, 0.3) is 0 Å². The van der Waals surface area contributed by atoms with E-state index in [9.17, 15) is 9.90 Å². The molecule has 1 rings (SSSR count). The number of aryl methyl sites for hydroxylation is 2. The number of aromatic hydroxyl groups is 1.